The van der Waals surface area contributed by atoms with Gasteiger partial charge < -0.3 is 9.47 Å². The van der Waals surface area contributed by atoms with E-state index >= 15 is 0 Å². The monoisotopic (exact) mass is 466 g/mol. The van der Waals surface area contributed by atoms with Gasteiger partial charge in [0.15, 0.2) is 4.33 Å². The molecule has 4 atom stereocenters. The minimum absolute atomic E-state index is 0.126. The van der Waals surface area contributed by atoms with Crippen LogP contribution in [0.2, 0.25) is 0 Å². The van der Waals surface area contributed by atoms with Crippen molar-refractivity contribution >= 4 is 81.5 Å². The third-order valence-corrected chi connectivity index (χ3v) is 8.39. The summed E-state index contributed by atoms with van der Waals surface area (Å²) in [6.07, 6.45) is 2.68. The third-order valence-electron chi connectivity index (χ3n) is 4.13. The molecule has 1 saturated carbocycles. The highest BCUT2D eigenvalue weighted by Gasteiger charge is 2.85. The summed E-state index contributed by atoms with van der Waals surface area (Å²) in [5.74, 6) is -4.61. The molecule has 2 rings (SSSR count). The summed E-state index contributed by atoms with van der Waals surface area (Å²) in [5.41, 5.74) is 0. The van der Waals surface area contributed by atoms with Crippen LogP contribution < -0.4 is 0 Å². The largest absolute Gasteiger partial charge is 0.461 e. The number of allylic oxidation sites excluding steroid dienone is 2. The number of hydrogen-bond acceptors (Lipinski definition) is 4. The van der Waals surface area contributed by atoms with Crippen molar-refractivity contribution in [3.63, 3.8) is 0 Å². The molecule has 0 heterocycles. The van der Waals surface area contributed by atoms with E-state index in [1.807, 2.05) is 0 Å². The SMILES string of the molecule is C=CCOC(=O)[C@@H]1[C@@H](C(=O)OCC=C)[C@@]2(Cl)C(Cl)=C(Cl)[C@]1(Cl)C2(Cl)Cl. The molecule has 25 heavy (non-hydrogen) atoms. The summed E-state index contributed by atoms with van der Waals surface area (Å²) in [4.78, 5) is 21.2. The topological polar surface area (TPSA) is 52.6 Å². The zero-order valence-electron chi connectivity index (χ0n) is 12.5. The Labute approximate surface area is 174 Å². The van der Waals surface area contributed by atoms with Gasteiger partial charge in [-0.3, -0.25) is 9.59 Å². The Morgan fingerprint density at radius 1 is 0.880 bits per heavy atom. The van der Waals surface area contributed by atoms with Crippen LogP contribution in [0.15, 0.2) is 35.4 Å². The van der Waals surface area contributed by atoms with E-state index in [-0.39, 0.29) is 23.3 Å². The van der Waals surface area contributed by atoms with Crippen LogP contribution in [0.5, 0.6) is 0 Å². The molecule has 0 aromatic rings. The zero-order chi connectivity index (χ0) is 19.2. The Morgan fingerprint density at radius 3 is 1.48 bits per heavy atom. The highest BCUT2D eigenvalue weighted by molar-refractivity contribution is 6.66. The van der Waals surface area contributed by atoms with Gasteiger partial charge in [0.2, 0.25) is 0 Å². The third kappa shape index (κ3) is 2.64. The second-order valence-electron chi connectivity index (χ2n) is 5.42. The van der Waals surface area contributed by atoms with Crippen LogP contribution in [0.3, 0.4) is 0 Å². The number of esters is 2. The van der Waals surface area contributed by atoms with E-state index in [9.17, 15) is 9.59 Å². The molecule has 0 amide bonds. The van der Waals surface area contributed by atoms with Crippen molar-refractivity contribution in [2.24, 2.45) is 11.8 Å². The average molecular weight is 469 g/mol. The lowest BCUT2D eigenvalue weighted by molar-refractivity contribution is -0.159. The number of carbonyl (C=O) groups is 2. The van der Waals surface area contributed by atoms with E-state index in [0.29, 0.717) is 0 Å². The van der Waals surface area contributed by atoms with Gasteiger partial charge in [0, 0.05) is 0 Å². The van der Waals surface area contributed by atoms with Crippen molar-refractivity contribution in [2.45, 2.75) is 14.1 Å². The Morgan fingerprint density at radius 2 is 1.20 bits per heavy atom. The van der Waals surface area contributed by atoms with E-state index in [0.717, 1.165) is 0 Å². The summed E-state index contributed by atoms with van der Waals surface area (Å²) in [7, 11) is 0. The fourth-order valence-electron chi connectivity index (χ4n) is 3.04. The molecule has 0 aromatic carbocycles. The second kappa shape index (κ2) is 7.14. The van der Waals surface area contributed by atoms with Gasteiger partial charge in [0.1, 0.15) is 23.0 Å². The molecule has 138 valence electrons. The van der Waals surface area contributed by atoms with Crippen LogP contribution in [-0.2, 0) is 19.1 Å². The van der Waals surface area contributed by atoms with Gasteiger partial charge in [0.05, 0.1) is 21.9 Å². The molecule has 0 unspecified atom stereocenters. The number of halogens is 6. The smallest absolute Gasteiger partial charge is 0.312 e. The van der Waals surface area contributed by atoms with Crippen LogP contribution in [0, 0.1) is 11.8 Å². The number of alkyl halides is 4. The molecule has 2 aliphatic carbocycles. The van der Waals surface area contributed by atoms with Crippen molar-refractivity contribution in [3.05, 3.63) is 35.4 Å². The minimum Gasteiger partial charge on any atom is -0.461 e. The van der Waals surface area contributed by atoms with E-state index in [2.05, 4.69) is 13.2 Å². The molecule has 0 radical (unpaired) electrons. The molecule has 0 saturated heterocycles. The predicted molar refractivity (Wildman–Crippen MR) is 99.6 cm³/mol. The fourth-order valence-corrected chi connectivity index (χ4v) is 5.96. The van der Waals surface area contributed by atoms with E-state index < -0.39 is 37.9 Å². The summed E-state index contributed by atoms with van der Waals surface area (Å²) in [6, 6.07) is 0. The summed E-state index contributed by atoms with van der Waals surface area (Å²) >= 11 is 38.3. The number of hydrogen-bond donors (Lipinski definition) is 0. The first-order valence-corrected chi connectivity index (χ1v) is 9.17. The quantitative estimate of drug-likeness (QED) is 0.326. The van der Waals surface area contributed by atoms with Crippen LogP contribution in [0.25, 0.3) is 0 Å². The molecule has 1 fully saturated rings. The van der Waals surface area contributed by atoms with E-state index in [1.54, 1.807) is 0 Å². The summed E-state index contributed by atoms with van der Waals surface area (Å²) in [5, 5.41) is -0.437. The maximum absolute atomic E-state index is 12.6. The Hall–Kier alpha value is -0.1000. The van der Waals surface area contributed by atoms with Gasteiger partial charge in [0.25, 0.3) is 0 Å². The lowest BCUT2D eigenvalue weighted by Gasteiger charge is -2.33. The van der Waals surface area contributed by atoms with Gasteiger partial charge in [-0.2, -0.15) is 0 Å². The predicted octanol–water partition coefficient (Wildman–Crippen LogP) is 4.52. The number of fused-ring (bicyclic) bond motifs is 2. The lowest BCUT2D eigenvalue weighted by Crippen LogP contribution is -2.46. The minimum atomic E-state index is -2.08. The van der Waals surface area contributed by atoms with E-state index in [1.165, 1.54) is 12.2 Å². The van der Waals surface area contributed by atoms with Crippen molar-refractivity contribution in [3.8, 4) is 0 Å². The molecular formula is C15H12Cl6O4. The first kappa shape index (κ1) is 21.2. The maximum Gasteiger partial charge on any atom is 0.312 e. The van der Waals surface area contributed by atoms with Crippen molar-refractivity contribution < 1.29 is 19.1 Å². The summed E-state index contributed by atoms with van der Waals surface area (Å²) < 4.78 is 7.98. The first-order valence-electron chi connectivity index (χ1n) is 6.90. The molecule has 2 aliphatic rings. The first-order chi connectivity index (χ1) is 11.5. The molecule has 10 heteroatoms. The second-order valence-corrected chi connectivity index (χ2v) is 8.69. The molecule has 0 spiro atoms. The van der Waals surface area contributed by atoms with E-state index in [4.69, 9.17) is 79.1 Å². The average Bonchev–Trinajstić information content (AvgIpc) is 2.77. The van der Waals surface area contributed by atoms with Crippen LogP contribution in [-0.4, -0.2) is 39.2 Å². The Bertz CT molecular complexity index is 621. The van der Waals surface area contributed by atoms with Gasteiger partial charge >= 0.3 is 11.9 Å². The molecule has 4 nitrogen and oxygen atoms in total. The fraction of sp³-hybridized carbons (Fsp3) is 0.467. The lowest BCUT2D eigenvalue weighted by atomic mass is 9.82. The Kier molecular flexibility index (Phi) is 6.05. The van der Waals surface area contributed by atoms with Crippen molar-refractivity contribution in [2.75, 3.05) is 13.2 Å². The van der Waals surface area contributed by atoms with Crippen molar-refractivity contribution in [1.82, 2.24) is 0 Å². The van der Waals surface area contributed by atoms with Gasteiger partial charge in [-0.05, 0) is 0 Å². The standard InChI is InChI=1S/C15H12Cl6O4/c1-3-5-24-11(22)7-8(12(23)25-6-4-2)14(19)10(17)9(16)13(7,18)15(14,20)21/h3-4,7-8H,1-2,5-6H2/t7-,8-,13-,14+/m0/s1. The number of rotatable bonds is 6. The molecule has 0 N–H and O–H groups in total. The Balaban J connectivity index is 2.62. The normalized spacial score (nSPS) is 35.4. The zero-order valence-corrected chi connectivity index (χ0v) is 17.1. The molecular weight excluding hydrogens is 457 g/mol. The molecule has 0 aromatic heterocycles. The number of carbonyl (C=O) groups excluding carboxylic acids is 2. The van der Waals surface area contributed by atoms with Gasteiger partial charge in [-0.1, -0.05) is 71.7 Å². The molecule has 0 aliphatic heterocycles. The van der Waals surface area contributed by atoms with Crippen LogP contribution >= 0.6 is 69.6 Å². The van der Waals surface area contributed by atoms with Gasteiger partial charge in [-0.15, -0.1) is 23.2 Å². The van der Waals surface area contributed by atoms with Crippen LogP contribution in [0.1, 0.15) is 0 Å². The van der Waals surface area contributed by atoms with Gasteiger partial charge in [-0.25, -0.2) is 0 Å². The highest BCUT2D eigenvalue weighted by Crippen LogP contribution is 2.76. The summed E-state index contributed by atoms with van der Waals surface area (Å²) in [6.45, 7) is 6.63. The highest BCUT2D eigenvalue weighted by atomic mass is 35.5. The van der Waals surface area contributed by atoms with Crippen LogP contribution in [0.4, 0.5) is 0 Å². The number of ether oxygens (including phenoxy) is 2. The maximum atomic E-state index is 12.6. The molecule has 2 bridgehead atoms. The van der Waals surface area contributed by atoms with Crippen molar-refractivity contribution in [1.29, 1.82) is 0 Å².